The molecule has 2 aromatic carbocycles. The van der Waals surface area contributed by atoms with E-state index in [1.807, 2.05) is 25.1 Å². The van der Waals surface area contributed by atoms with Crippen LogP contribution in [0.4, 0.5) is 16.3 Å². The fourth-order valence-electron chi connectivity index (χ4n) is 3.16. The standard InChI is InChI=1S/C21H16N4O3S/c1-15-7-9-18(10-8-15)25-20-19(6-3-11-23-20)29(27,28)24(21(25)26)14-17-5-2-4-16(12-17)13-22/h2-12H,14H2,1H3. The van der Waals surface area contributed by atoms with E-state index >= 15 is 0 Å². The summed E-state index contributed by atoms with van der Waals surface area (Å²) < 4.78 is 27.2. The molecule has 3 aromatic rings. The number of pyridine rings is 1. The SMILES string of the molecule is Cc1ccc(N2C(=O)N(Cc3cccc(C#N)c3)S(=O)(=O)c3cccnc32)cc1. The number of amides is 2. The van der Waals surface area contributed by atoms with Gasteiger partial charge in [-0.1, -0.05) is 29.8 Å². The van der Waals surface area contributed by atoms with E-state index in [1.165, 1.54) is 23.2 Å². The highest BCUT2D eigenvalue weighted by Crippen LogP contribution is 2.38. The Balaban J connectivity index is 1.85. The number of urea groups is 1. The van der Waals surface area contributed by atoms with Crippen LogP contribution >= 0.6 is 0 Å². The Morgan fingerprint density at radius 2 is 1.83 bits per heavy atom. The molecule has 0 spiro atoms. The van der Waals surface area contributed by atoms with Crippen LogP contribution in [0.2, 0.25) is 0 Å². The van der Waals surface area contributed by atoms with Gasteiger partial charge in [-0.2, -0.15) is 5.26 Å². The van der Waals surface area contributed by atoms with E-state index in [-0.39, 0.29) is 17.3 Å². The molecule has 0 atom stereocenters. The average Bonchev–Trinajstić information content (AvgIpc) is 2.73. The van der Waals surface area contributed by atoms with E-state index in [2.05, 4.69) is 4.98 Å². The zero-order chi connectivity index (χ0) is 20.6. The number of sulfonamides is 1. The molecule has 1 aliphatic rings. The first kappa shape index (κ1) is 18.7. The van der Waals surface area contributed by atoms with E-state index in [9.17, 15) is 13.2 Å². The normalized spacial score (nSPS) is 15.0. The summed E-state index contributed by atoms with van der Waals surface area (Å²) in [5.74, 6) is 0.0726. The van der Waals surface area contributed by atoms with E-state index in [1.54, 1.807) is 36.4 Å². The molecule has 0 N–H and O–H groups in total. The van der Waals surface area contributed by atoms with Crippen LogP contribution in [0.15, 0.2) is 71.8 Å². The number of fused-ring (bicyclic) bond motifs is 1. The van der Waals surface area contributed by atoms with Crippen LogP contribution in [-0.4, -0.2) is 23.7 Å². The summed E-state index contributed by atoms with van der Waals surface area (Å²) in [6.07, 6.45) is 1.45. The summed E-state index contributed by atoms with van der Waals surface area (Å²) in [7, 11) is -4.10. The highest BCUT2D eigenvalue weighted by atomic mass is 32.2. The number of aromatic nitrogens is 1. The van der Waals surface area contributed by atoms with Crippen LogP contribution in [0.3, 0.4) is 0 Å². The quantitative estimate of drug-likeness (QED) is 0.663. The number of carbonyl (C=O) groups is 1. The predicted octanol–water partition coefficient (Wildman–Crippen LogP) is 3.72. The van der Waals surface area contributed by atoms with E-state index in [0.717, 1.165) is 9.87 Å². The molecule has 4 rings (SSSR count). The number of hydrogen-bond acceptors (Lipinski definition) is 5. The average molecular weight is 404 g/mol. The van der Waals surface area contributed by atoms with Crippen LogP contribution in [0.5, 0.6) is 0 Å². The highest BCUT2D eigenvalue weighted by molar-refractivity contribution is 7.90. The molecule has 2 heterocycles. The monoisotopic (exact) mass is 404 g/mol. The van der Waals surface area contributed by atoms with Crippen molar-refractivity contribution in [3.63, 3.8) is 0 Å². The lowest BCUT2D eigenvalue weighted by Gasteiger charge is -2.35. The maximum Gasteiger partial charge on any atom is 0.344 e. The summed E-state index contributed by atoms with van der Waals surface area (Å²) >= 11 is 0. The molecule has 2 amide bonds. The third-order valence-corrected chi connectivity index (χ3v) is 6.35. The first-order chi connectivity index (χ1) is 13.9. The van der Waals surface area contributed by atoms with Crippen molar-refractivity contribution < 1.29 is 13.2 Å². The second-order valence-electron chi connectivity index (χ2n) is 6.60. The summed E-state index contributed by atoms with van der Waals surface area (Å²) in [6, 6.07) is 18.0. The molecular weight excluding hydrogens is 388 g/mol. The lowest BCUT2D eigenvalue weighted by atomic mass is 10.1. The number of carbonyl (C=O) groups excluding carboxylic acids is 1. The van der Waals surface area contributed by atoms with Crippen molar-refractivity contribution in [3.05, 3.63) is 83.6 Å². The van der Waals surface area contributed by atoms with Gasteiger partial charge in [-0.3, -0.25) is 0 Å². The molecule has 1 aromatic heterocycles. The van der Waals surface area contributed by atoms with Gasteiger partial charge in [0.15, 0.2) is 5.82 Å². The number of anilines is 2. The number of aryl methyl sites for hydroxylation is 1. The third-order valence-electron chi connectivity index (χ3n) is 4.61. The zero-order valence-electron chi connectivity index (χ0n) is 15.5. The largest absolute Gasteiger partial charge is 0.344 e. The summed E-state index contributed by atoms with van der Waals surface area (Å²) in [4.78, 5) is 18.7. The molecule has 1 aliphatic heterocycles. The topological polar surface area (TPSA) is 94.4 Å². The Morgan fingerprint density at radius 1 is 1.07 bits per heavy atom. The molecule has 144 valence electrons. The smallest absolute Gasteiger partial charge is 0.246 e. The Hall–Kier alpha value is -3.70. The van der Waals surface area contributed by atoms with Gasteiger partial charge in [-0.25, -0.2) is 27.4 Å². The van der Waals surface area contributed by atoms with Crippen molar-refractivity contribution in [1.82, 2.24) is 9.29 Å². The number of benzene rings is 2. The third kappa shape index (κ3) is 3.22. The lowest BCUT2D eigenvalue weighted by Crippen LogP contribution is -2.48. The minimum atomic E-state index is -4.10. The molecule has 7 nitrogen and oxygen atoms in total. The van der Waals surface area contributed by atoms with Crippen molar-refractivity contribution in [2.24, 2.45) is 0 Å². The Kier molecular flexibility index (Phi) is 4.53. The maximum atomic E-state index is 13.3. The van der Waals surface area contributed by atoms with Gasteiger partial charge in [-0.05, 0) is 48.9 Å². The highest BCUT2D eigenvalue weighted by Gasteiger charge is 2.43. The number of hydrogen-bond donors (Lipinski definition) is 0. The lowest BCUT2D eigenvalue weighted by molar-refractivity contribution is 0.229. The Labute approximate surface area is 168 Å². The van der Waals surface area contributed by atoms with Gasteiger partial charge in [0.25, 0.3) is 10.0 Å². The molecular formula is C21H16N4O3S. The number of nitriles is 1. The Morgan fingerprint density at radius 3 is 2.55 bits per heavy atom. The predicted molar refractivity (Wildman–Crippen MR) is 107 cm³/mol. The number of rotatable bonds is 3. The molecule has 0 bridgehead atoms. The summed E-state index contributed by atoms with van der Waals surface area (Å²) in [5.41, 5.74) is 2.46. The van der Waals surface area contributed by atoms with Crippen LogP contribution in [0, 0.1) is 18.3 Å². The van der Waals surface area contributed by atoms with Gasteiger partial charge >= 0.3 is 6.03 Å². The van der Waals surface area contributed by atoms with E-state index in [4.69, 9.17) is 5.26 Å². The zero-order valence-corrected chi connectivity index (χ0v) is 16.3. The van der Waals surface area contributed by atoms with Crippen LogP contribution in [-0.2, 0) is 16.6 Å². The minimum absolute atomic E-state index is 0.0448. The number of nitrogens with zero attached hydrogens (tertiary/aromatic N) is 4. The molecule has 0 saturated heterocycles. The molecule has 0 fully saturated rings. The Bertz CT molecular complexity index is 1250. The van der Waals surface area contributed by atoms with Crippen LogP contribution in [0.25, 0.3) is 0 Å². The van der Waals surface area contributed by atoms with Gasteiger partial charge in [0.1, 0.15) is 4.90 Å². The van der Waals surface area contributed by atoms with E-state index in [0.29, 0.717) is 16.8 Å². The summed E-state index contributed by atoms with van der Waals surface area (Å²) in [5, 5.41) is 9.10. The van der Waals surface area contributed by atoms with Gasteiger partial charge in [0, 0.05) is 6.20 Å². The van der Waals surface area contributed by atoms with Gasteiger partial charge in [0.05, 0.1) is 23.9 Å². The van der Waals surface area contributed by atoms with Crippen molar-refractivity contribution in [1.29, 1.82) is 5.26 Å². The van der Waals surface area contributed by atoms with Gasteiger partial charge < -0.3 is 0 Å². The first-order valence-corrected chi connectivity index (χ1v) is 10.2. The van der Waals surface area contributed by atoms with Crippen molar-refractivity contribution in [2.45, 2.75) is 18.4 Å². The molecule has 29 heavy (non-hydrogen) atoms. The van der Waals surface area contributed by atoms with Gasteiger partial charge in [-0.15, -0.1) is 0 Å². The first-order valence-electron chi connectivity index (χ1n) is 8.79. The van der Waals surface area contributed by atoms with E-state index < -0.39 is 16.1 Å². The molecule has 0 unspecified atom stereocenters. The molecule has 8 heteroatoms. The van der Waals surface area contributed by atoms with Crippen molar-refractivity contribution in [2.75, 3.05) is 4.90 Å². The summed E-state index contributed by atoms with van der Waals surface area (Å²) in [6.45, 7) is 1.74. The van der Waals surface area contributed by atoms with Gasteiger partial charge in [0.2, 0.25) is 0 Å². The van der Waals surface area contributed by atoms with Crippen LogP contribution < -0.4 is 4.90 Å². The second-order valence-corrected chi connectivity index (χ2v) is 8.43. The fraction of sp³-hybridized carbons (Fsp3) is 0.0952. The van der Waals surface area contributed by atoms with Crippen molar-refractivity contribution >= 4 is 27.6 Å². The molecule has 0 aliphatic carbocycles. The van der Waals surface area contributed by atoms with Crippen LogP contribution in [0.1, 0.15) is 16.7 Å². The maximum absolute atomic E-state index is 13.3. The van der Waals surface area contributed by atoms with Crippen molar-refractivity contribution in [3.8, 4) is 6.07 Å². The second kappa shape index (κ2) is 7.04. The molecule has 0 radical (unpaired) electrons. The minimum Gasteiger partial charge on any atom is -0.246 e. The molecule has 0 saturated carbocycles. The fourth-order valence-corrected chi connectivity index (χ4v) is 4.63.